The molecule has 0 fully saturated rings. The quantitative estimate of drug-likeness (QED) is 0.688. The summed E-state index contributed by atoms with van der Waals surface area (Å²) < 4.78 is 5.14. The second kappa shape index (κ2) is 8.89. The average Bonchev–Trinajstić information content (AvgIpc) is 2.44. The smallest absolute Gasteiger partial charge is 0.225 e. The Labute approximate surface area is 139 Å². The lowest BCUT2D eigenvalue weighted by atomic mass is 9.88. The van der Waals surface area contributed by atoms with Gasteiger partial charge in [0.2, 0.25) is 5.91 Å². The molecule has 0 aliphatic heterocycles. The normalized spacial score (nSPS) is 14.2. The molecule has 0 aliphatic carbocycles. The van der Waals surface area contributed by atoms with Crippen molar-refractivity contribution in [3.63, 3.8) is 0 Å². The van der Waals surface area contributed by atoms with Crippen LogP contribution in [0.1, 0.15) is 40.5 Å². The van der Waals surface area contributed by atoms with Crippen LogP contribution in [0.2, 0.25) is 0 Å². The third-order valence-electron chi connectivity index (χ3n) is 3.44. The van der Waals surface area contributed by atoms with Gasteiger partial charge in [-0.25, -0.2) is 0 Å². The molecule has 0 spiro atoms. The van der Waals surface area contributed by atoms with Gasteiger partial charge in [0, 0.05) is 30.3 Å². The van der Waals surface area contributed by atoms with E-state index in [1.807, 2.05) is 25.1 Å². The monoisotopic (exact) mass is 322 g/mol. The van der Waals surface area contributed by atoms with E-state index in [9.17, 15) is 9.90 Å². The largest absolute Gasteiger partial charge is 0.497 e. The molecule has 1 rings (SSSR count). The first-order valence-electron chi connectivity index (χ1n) is 8.04. The van der Waals surface area contributed by atoms with Crippen LogP contribution in [0.15, 0.2) is 24.3 Å². The summed E-state index contributed by atoms with van der Waals surface area (Å²) in [5.41, 5.74) is 0.845. The van der Waals surface area contributed by atoms with Crippen molar-refractivity contribution in [3.8, 4) is 5.75 Å². The highest BCUT2D eigenvalue weighted by atomic mass is 16.5. The van der Waals surface area contributed by atoms with Gasteiger partial charge in [0.25, 0.3) is 0 Å². The third-order valence-corrected chi connectivity index (χ3v) is 3.44. The molecule has 130 valence electrons. The number of amides is 1. The van der Waals surface area contributed by atoms with Gasteiger partial charge in [-0.15, -0.1) is 0 Å². The number of methoxy groups -OCH3 is 1. The number of carbonyl (C=O) groups excluding carboxylic acids is 1. The molecule has 1 aromatic rings. The summed E-state index contributed by atoms with van der Waals surface area (Å²) in [7, 11) is 1.59. The number of benzene rings is 1. The maximum Gasteiger partial charge on any atom is 0.225 e. The minimum absolute atomic E-state index is 0.00498. The van der Waals surface area contributed by atoms with Crippen molar-refractivity contribution < 1.29 is 14.6 Å². The van der Waals surface area contributed by atoms with E-state index in [-0.39, 0.29) is 30.0 Å². The molecule has 2 unspecified atom stereocenters. The summed E-state index contributed by atoms with van der Waals surface area (Å²) in [6, 6.07) is 7.26. The Kier molecular flexibility index (Phi) is 7.52. The van der Waals surface area contributed by atoms with Crippen LogP contribution in [-0.4, -0.2) is 36.8 Å². The predicted octanol–water partition coefficient (Wildman–Crippen LogP) is 2.80. The van der Waals surface area contributed by atoms with Gasteiger partial charge in [0.05, 0.1) is 13.7 Å². The fraction of sp³-hybridized carbons (Fsp3) is 0.611. The van der Waals surface area contributed by atoms with Crippen LogP contribution >= 0.6 is 0 Å². The van der Waals surface area contributed by atoms with Crippen molar-refractivity contribution in [2.45, 2.75) is 52.6 Å². The lowest BCUT2D eigenvalue weighted by molar-refractivity contribution is -0.116. The summed E-state index contributed by atoms with van der Waals surface area (Å²) >= 11 is 0. The zero-order chi connectivity index (χ0) is 17.5. The first-order chi connectivity index (χ1) is 10.7. The van der Waals surface area contributed by atoms with E-state index in [0.717, 1.165) is 12.1 Å². The van der Waals surface area contributed by atoms with Crippen molar-refractivity contribution in [1.29, 1.82) is 0 Å². The molecule has 0 heterocycles. The molecule has 0 aliphatic rings. The fourth-order valence-electron chi connectivity index (χ4n) is 2.57. The van der Waals surface area contributed by atoms with E-state index >= 15 is 0 Å². The highest BCUT2D eigenvalue weighted by Gasteiger charge is 2.20. The van der Waals surface area contributed by atoms with Crippen LogP contribution in [0.3, 0.4) is 0 Å². The number of carbonyl (C=O) groups is 1. The lowest BCUT2D eigenvalue weighted by Crippen LogP contribution is -2.42. The Morgan fingerprint density at radius 3 is 2.61 bits per heavy atom. The molecule has 3 N–H and O–H groups in total. The molecule has 0 saturated carbocycles. The Morgan fingerprint density at radius 1 is 1.35 bits per heavy atom. The molecule has 1 aromatic carbocycles. The van der Waals surface area contributed by atoms with E-state index in [1.54, 1.807) is 13.2 Å². The molecule has 0 bridgehead atoms. The molecule has 23 heavy (non-hydrogen) atoms. The van der Waals surface area contributed by atoms with Gasteiger partial charge in [-0.05, 0) is 30.9 Å². The van der Waals surface area contributed by atoms with Crippen molar-refractivity contribution in [2.24, 2.45) is 5.41 Å². The second-order valence-corrected chi connectivity index (χ2v) is 7.20. The summed E-state index contributed by atoms with van der Waals surface area (Å²) in [6.45, 7) is 8.43. The van der Waals surface area contributed by atoms with Crippen molar-refractivity contribution in [3.05, 3.63) is 24.3 Å². The number of hydrogen-bond donors (Lipinski definition) is 3. The number of aliphatic hydroxyl groups is 1. The van der Waals surface area contributed by atoms with E-state index in [2.05, 4.69) is 31.4 Å². The summed E-state index contributed by atoms with van der Waals surface area (Å²) in [6.07, 6.45) is 1.20. The Morgan fingerprint density at radius 2 is 2.04 bits per heavy atom. The van der Waals surface area contributed by atoms with Gasteiger partial charge >= 0.3 is 0 Å². The van der Waals surface area contributed by atoms with E-state index in [1.165, 1.54) is 0 Å². The molecule has 5 nitrogen and oxygen atoms in total. The third kappa shape index (κ3) is 8.00. The van der Waals surface area contributed by atoms with Gasteiger partial charge in [-0.1, -0.05) is 26.8 Å². The zero-order valence-electron chi connectivity index (χ0n) is 14.8. The van der Waals surface area contributed by atoms with E-state index < -0.39 is 0 Å². The SMILES string of the molecule is COc1cccc(NC(=O)CC(C)NC(CO)CC(C)(C)C)c1. The minimum atomic E-state index is -0.0642. The number of hydrogen-bond acceptors (Lipinski definition) is 4. The summed E-state index contributed by atoms with van der Waals surface area (Å²) in [5, 5.41) is 15.7. The highest BCUT2D eigenvalue weighted by molar-refractivity contribution is 5.91. The lowest BCUT2D eigenvalue weighted by Gasteiger charge is -2.28. The number of nitrogens with one attached hydrogen (secondary N) is 2. The van der Waals surface area contributed by atoms with Gasteiger partial charge in [-0.3, -0.25) is 4.79 Å². The van der Waals surface area contributed by atoms with Crippen LogP contribution < -0.4 is 15.4 Å². The summed E-state index contributed by atoms with van der Waals surface area (Å²) in [5.74, 6) is 0.644. The minimum Gasteiger partial charge on any atom is -0.497 e. The van der Waals surface area contributed by atoms with Gasteiger partial charge in [-0.2, -0.15) is 0 Å². The number of rotatable bonds is 8. The van der Waals surface area contributed by atoms with Gasteiger partial charge in [0.15, 0.2) is 0 Å². The van der Waals surface area contributed by atoms with Crippen LogP contribution in [0.4, 0.5) is 5.69 Å². The number of anilines is 1. The first-order valence-corrected chi connectivity index (χ1v) is 8.04. The Balaban J connectivity index is 2.49. The van der Waals surface area contributed by atoms with Gasteiger partial charge in [0.1, 0.15) is 5.75 Å². The van der Waals surface area contributed by atoms with Crippen molar-refractivity contribution >= 4 is 11.6 Å². The summed E-state index contributed by atoms with van der Waals surface area (Å²) in [4.78, 5) is 12.1. The second-order valence-electron chi connectivity index (χ2n) is 7.20. The predicted molar refractivity (Wildman–Crippen MR) is 93.8 cm³/mol. The molecular formula is C18H30N2O3. The molecule has 0 radical (unpaired) electrons. The standard InChI is InChI=1S/C18H30N2O3/c1-13(19-15(12-21)11-18(2,3)4)9-17(22)20-14-7-6-8-16(10-14)23-5/h6-8,10,13,15,19,21H,9,11-12H2,1-5H3,(H,20,22). The van der Waals surface area contributed by atoms with Crippen LogP contribution in [0.5, 0.6) is 5.75 Å². The number of ether oxygens (including phenoxy) is 1. The highest BCUT2D eigenvalue weighted by Crippen LogP contribution is 2.21. The van der Waals surface area contributed by atoms with Crippen molar-refractivity contribution in [2.75, 3.05) is 19.0 Å². The number of aliphatic hydroxyl groups excluding tert-OH is 1. The van der Waals surface area contributed by atoms with Crippen LogP contribution in [-0.2, 0) is 4.79 Å². The molecule has 1 amide bonds. The Hall–Kier alpha value is -1.59. The molecular weight excluding hydrogens is 292 g/mol. The molecule has 0 aromatic heterocycles. The first kappa shape index (κ1) is 19.5. The zero-order valence-corrected chi connectivity index (χ0v) is 14.8. The van der Waals surface area contributed by atoms with Gasteiger partial charge < -0.3 is 20.5 Å². The van der Waals surface area contributed by atoms with E-state index in [4.69, 9.17) is 4.74 Å². The fourth-order valence-corrected chi connectivity index (χ4v) is 2.57. The van der Waals surface area contributed by atoms with Crippen LogP contribution in [0.25, 0.3) is 0 Å². The van der Waals surface area contributed by atoms with Crippen molar-refractivity contribution in [1.82, 2.24) is 5.32 Å². The molecule has 2 atom stereocenters. The maximum absolute atomic E-state index is 12.1. The Bertz CT molecular complexity index is 497. The average molecular weight is 322 g/mol. The topological polar surface area (TPSA) is 70.6 Å². The maximum atomic E-state index is 12.1. The van der Waals surface area contributed by atoms with E-state index in [0.29, 0.717) is 12.2 Å². The van der Waals surface area contributed by atoms with Crippen LogP contribution in [0, 0.1) is 5.41 Å². The molecule has 0 saturated heterocycles. The molecule has 5 heteroatoms.